The molecule has 0 radical (unpaired) electrons. The van der Waals surface area contributed by atoms with E-state index in [1.807, 2.05) is 18.3 Å². The second kappa shape index (κ2) is 5.50. The van der Waals surface area contributed by atoms with Crippen molar-refractivity contribution < 1.29 is 0 Å². The summed E-state index contributed by atoms with van der Waals surface area (Å²) < 4.78 is 0. The van der Waals surface area contributed by atoms with Crippen LogP contribution >= 0.6 is 28.3 Å². The second-order valence-electron chi connectivity index (χ2n) is 3.99. The van der Waals surface area contributed by atoms with E-state index in [-0.39, 0.29) is 17.0 Å². The summed E-state index contributed by atoms with van der Waals surface area (Å²) in [6.07, 6.45) is 1.92. The quantitative estimate of drug-likeness (QED) is 0.729. The van der Waals surface area contributed by atoms with E-state index in [0.29, 0.717) is 0 Å². The number of H-pyrrole nitrogens is 1. The molecule has 1 N–H and O–H groups in total. The molecule has 0 unspecified atom stereocenters. The number of aromatic nitrogens is 2. The zero-order valence-corrected chi connectivity index (χ0v) is 12.4. The van der Waals surface area contributed by atoms with Gasteiger partial charge < -0.3 is 4.98 Å². The molecule has 0 amide bonds. The molecule has 0 saturated carbocycles. The zero-order valence-electron chi connectivity index (χ0n) is 9.88. The average Bonchev–Trinajstić information content (AvgIpc) is 3.00. The SMILES string of the molecule is Br.Cc1cccc(-c2csc(-c3ccc[nH]3)n2)c1. The molecule has 18 heavy (non-hydrogen) atoms. The van der Waals surface area contributed by atoms with Crippen molar-refractivity contribution in [3.8, 4) is 22.0 Å². The van der Waals surface area contributed by atoms with Crippen LogP contribution in [0.4, 0.5) is 0 Å². The lowest BCUT2D eigenvalue weighted by Gasteiger charge is -1.97. The van der Waals surface area contributed by atoms with Crippen molar-refractivity contribution in [1.29, 1.82) is 0 Å². The predicted molar refractivity (Wildman–Crippen MR) is 82.4 cm³/mol. The van der Waals surface area contributed by atoms with E-state index in [0.717, 1.165) is 16.4 Å². The summed E-state index contributed by atoms with van der Waals surface area (Å²) in [6.45, 7) is 2.10. The fourth-order valence-corrected chi connectivity index (χ4v) is 2.61. The first-order chi connectivity index (χ1) is 8.33. The van der Waals surface area contributed by atoms with Crippen molar-refractivity contribution in [2.75, 3.05) is 0 Å². The van der Waals surface area contributed by atoms with Crippen molar-refractivity contribution in [1.82, 2.24) is 9.97 Å². The fourth-order valence-electron chi connectivity index (χ4n) is 1.80. The van der Waals surface area contributed by atoms with E-state index < -0.39 is 0 Å². The summed E-state index contributed by atoms with van der Waals surface area (Å²) in [7, 11) is 0. The Morgan fingerprint density at radius 1 is 1.17 bits per heavy atom. The van der Waals surface area contributed by atoms with Crippen LogP contribution < -0.4 is 0 Å². The van der Waals surface area contributed by atoms with Crippen LogP contribution in [-0.2, 0) is 0 Å². The number of benzene rings is 1. The molecule has 0 aliphatic heterocycles. The smallest absolute Gasteiger partial charge is 0.140 e. The van der Waals surface area contributed by atoms with Gasteiger partial charge in [-0.15, -0.1) is 28.3 Å². The molecular formula is C14H13BrN2S. The monoisotopic (exact) mass is 320 g/mol. The van der Waals surface area contributed by atoms with Gasteiger partial charge >= 0.3 is 0 Å². The van der Waals surface area contributed by atoms with Crippen molar-refractivity contribution in [3.05, 3.63) is 53.5 Å². The lowest BCUT2D eigenvalue weighted by Crippen LogP contribution is -1.80. The predicted octanol–water partition coefficient (Wildman–Crippen LogP) is 4.69. The van der Waals surface area contributed by atoms with Crippen LogP contribution in [0, 0.1) is 6.92 Å². The number of rotatable bonds is 2. The van der Waals surface area contributed by atoms with Gasteiger partial charge in [-0.1, -0.05) is 23.8 Å². The van der Waals surface area contributed by atoms with Gasteiger partial charge in [0.25, 0.3) is 0 Å². The third kappa shape index (κ3) is 2.54. The Kier molecular flexibility index (Phi) is 3.99. The maximum atomic E-state index is 4.65. The van der Waals surface area contributed by atoms with Gasteiger partial charge in [0.15, 0.2) is 0 Å². The van der Waals surface area contributed by atoms with E-state index in [1.54, 1.807) is 11.3 Å². The molecular weight excluding hydrogens is 308 g/mol. The van der Waals surface area contributed by atoms with Crippen molar-refractivity contribution in [3.63, 3.8) is 0 Å². The molecule has 0 aliphatic rings. The molecule has 2 heterocycles. The Labute approximate surface area is 120 Å². The zero-order chi connectivity index (χ0) is 11.7. The van der Waals surface area contributed by atoms with E-state index >= 15 is 0 Å². The Balaban J connectivity index is 0.00000120. The highest BCUT2D eigenvalue weighted by atomic mass is 79.9. The summed E-state index contributed by atoms with van der Waals surface area (Å²) in [4.78, 5) is 7.83. The van der Waals surface area contributed by atoms with Crippen LogP contribution in [0.5, 0.6) is 0 Å². The minimum atomic E-state index is 0. The Morgan fingerprint density at radius 2 is 2.06 bits per heavy atom. The number of hydrogen-bond donors (Lipinski definition) is 1. The standard InChI is InChI=1S/C14H12N2S.BrH/c1-10-4-2-5-11(8-10)13-9-17-14(16-13)12-6-3-7-15-12;/h2-9,15H,1H3;1H. The molecule has 92 valence electrons. The Hall–Kier alpha value is -1.39. The second-order valence-corrected chi connectivity index (χ2v) is 4.85. The number of aryl methyl sites for hydroxylation is 1. The maximum Gasteiger partial charge on any atom is 0.140 e. The topological polar surface area (TPSA) is 28.7 Å². The fraction of sp³-hybridized carbons (Fsp3) is 0.0714. The van der Waals surface area contributed by atoms with E-state index in [9.17, 15) is 0 Å². The lowest BCUT2D eigenvalue weighted by atomic mass is 10.1. The summed E-state index contributed by atoms with van der Waals surface area (Å²) in [6, 6.07) is 12.5. The Morgan fingerprint density at radius 3 is 2.78 bits per heavy atom. The molecule has 0 bridgehead atoms. The summed E-state index contributed by atoms with van der Waals surface area (Å²) in [5, 5.41) is 3.14. The molecule has 3 rings (SSSR count). The van der Waals surface area contributed by atoms with Gasteiger partial charge in [-0.05, 0) is 25.1 Å². The first-order valence-corrected chi connectivity index (χ1v) is 6.37. The van der Waals surface area contributed by atoms with Crippen LogP contribution in [0.1, 0.15) is 5.56 Å². The highest BCUT2D eigenvalue weighted by Crippen LogP contribution is 2.28. The molecule has 0 aliphatic carbocycles. The third-order valence-electron chi connectivity index (χ3n) is 2.65. The largest absolute Gasteiger partial charge is 0.359 e. The van der Waals surface area contributed by atoms with Gasteiger partial charge in [0.2, 0.25) is 0 Å². The number of thiazole rings is 1. The summed E-state index contributed by atoms with van der Waals surface area (Å²) in [5.74, 6) is 0. The van der Waals surface area contributed by atoms with Gasteiger partial charge in [-0.25, -0.2) is 4.98 Å². The van der Waals surface area contributed by atoms with Crippen LogP contribution in [0.25, 0.3) is 22.0 Å². The molecule has 2 aromatic heterocycles. The van der Waals surface area contributed by atoms with Crippen molar-refractivity contribution in [2.24, 2.45) is 0 Å². The van der Waals surface area contributed by atoms with Gasteiger partial charge in [0.05, 0.1) is 11.4 Å². The Bertz CT molecular complexity index is 629. The molecule has 1 aromatic carbocycles. The molecule has 0 atom stereocenters. The van der Waals surface area contributed by atoms with Gasteiger partial charge in [0.1, 0.15) is 5.01 Å². The van der Waals surface area contributed by atoms with Gasteiger partial charge in [-0.3, -0.25) is 0 Å². The molecule has 2 nitrogen and oxygen atoms in total. The number of aromatic amines is 1. The normalized spacial score (nSPS) is 10.1. The molecule has 0 saturated heterocycles. The van der Waals surface area contributed by atoms with Crippen molar-refractivity contribution >= 4 is 28.3 Å². The highest BCUT2D eigenvalue weighted by molar-refractivity contribution is 8.93. The number of halogens is 1. The minimum Gasteiger partial charge on any atom is -0.359 e. The van der Waals surface area contributed by atoms with E-state index in [2.05, 4.69) is 46.5 Å². The number of hydrogen-bond acceptors (Lipinski definition) is 2. The van der Waals surface area contributed by atoms with Gasteiger partial charge in [-0.2, -0.15) is 0 Å². The first-order valence-electron chi connectivity index (χ1n) is 5.49. The molecule has 0 spiro atoms. The summed E-state index contributed by atoms with van der Waals surface area (Å²) in [5.41, 5.74) is 4.56. The van der Waals surface area contributed by atoms with Crippen LogP contribution in [0.2, 0.25) is 0 Å². The molecule has 3 aromatic rings. The van der Waals surface area contributed by atoms with Crippen LogP contribution in [0.3, 0.4) is 0 Å². The van der Waals surface area contributed by atoms with Crippen molar-refractivity contribution in [2.45, 2.75) is 6.92 Å². The molecule has 0 fully saturated rings. The maximum absolute atomic E-state index is 4.65. The minimum absolute atomic E-state index is 0. The van der Waals surface area contributed by atoms with E-state index in [1.165, 1.54) is 11.1 Å². The van der Waals surface area contributed by atoms with Crippen LogP contribution in [-0.4, -0.2) is 9.97 Å². The lowest BCUT2D eigenvalue weighted by molar-refractivity contribution is 1.33. The number of nitrogens with zero attached hydrogens (tertiary/aromatic N) is 1. The average molecular weight is 321 g/mol. The van der Waals surface area contributed by atoms with Crippen LogP contribution in [0.15, 0.2) is 48.0 Å². The molecule has 4 heteroatoms. The number of nitrogens with one attached hydrogen (secondary N) is 1. The summed E-state index contributed by atoms with van der Waals surface area (Å²) >= 11 is 1.67. The third-order valence-corrected chi connectivity index (χ3v) is 3.52. The van der Waals surface area contributed by atoms with Gasteiger partial charge in [0, 0.05) is 17.1 Å². The van der Waals surface area contributed by atoms with E-state index in [4.69, 9.17) is 0 Å². The highest BCUT2D eigenvalue weighted by Gasteiger charge is 2.06. The first kappa shape index (κ1) is 13.1.